The highest BCUT2D eigenvalue weighted by atomic mass is 16.1. The average molecular weight is 334 g/mol. The van der Waals surface area contributed by atoms with Crippen molar-refractivity contribution < 1.29 is 4.79 Å². The largest absolute Gasteiger partial charge is 0.316 e. The number of carbonyl (C=O) groups is 1. The normalized spacial score (nSPS) is 8.21. The monoisotopic (exact) mass is 333 g/mol. The summed E-state index contributed by atoms with van der Waals surface area (Å²) < 4.78 is 0. The zero-order chi connectivity index (χ0) is 19.1. The Hall–Kier alpha value is -1.67. The Kier molecular flexibility index (Phi) is 29.7. The molecule has 0 saturated carbocycles. The molecule has 0 aliphatic rings. The second-order valence-electron chi connectivity index (χ2n) is 4.86. The Labute approximate surface area is 151 Å². The lowest BCUT2D eigenvalue weighted by molar-refractivity contribution is 0.101. The first-order valence-corrected chi connectivity index (χ1v) is 9.08. The van der Waals surface area contributed by atoms with Crippen molar-refractivity contribution in [2.45, 2.75) is 60.3 Å². The van der Waals surface area contributed by atoms with Crippen molar-refractivity contribution >= 4 is 5.78 Å². The molecule has 0 heterocycles. The predicted octanol–water partition coefficient (Wildman–Crippen LogP) is 6.45. The maximum Gasteiger partial charge on any atom is 0.159 e. The van der Waals surface area contributed by atoms with Crippen LogP contribution in [0.15, 0.2) is 55.6 Å². The maximum absolute atomic E-state index is 10.6. The van der Waals surface area contributed by atoms with Gasteiger partial charge in [0.2, 0.25) is 0 Å². The summed E-state index contributed by atoms with van der Waals surface area (Å²) in [5.41, 5.74) is 0.775. The highest BCUT2D eigenvalue weighted by Gasteiger charge is 1.92. The number of ketones is 1. The van der Waals surface area contributed by atoms with Crippen LogP contribution in [0.1, 0.15) is 70.7 Å². The molecular formula is C22H39NO. The fraction of sp³-hybridized carbons (Fsp3) is 0.500. The van der Waals surface area contributed by atoms with Crippen LogP contribution in [0, 0.1) is 0 Å². The summed E-state index contributed by atoms with van der Waals surface area (Å²) in [5, 5.41) is 3.35. The lowest BCUT2D eigenvalue weighted by atomic mass is 10.2. The Morgan fingerprint density at radius 1 is 1.08 bits per heavy atom. The molecule has 0 aliphatic heterocycles. The zero-order valence-electron chi connectivity index (χ0n) is 16.6. The van der Waals surface area contributed by atoms with E-state index in [1.165, 1.54) is 25.8 Å². The standard InChI is InChI=1S/C9H19N.C8H8O.C3H6.C2H6/c1-3-5-7-9-10-8-6-4-2;1-7(9)8-5-3-2-4-6-8;1-3-2;1-2/h4,10H,2-3,5-9H2,1H3;2-6H,1H3;3H,1H2,2H3;1-2H3. The van der Waals surface area contributed by atoms with Crippen LogP contribution in [0.3, 0.4) is 0 Å². The molecular weight excluding hydrogens is 294 g/mol. The number of benzene rings is 1. The van der Waals surface area contributed by atoms with Crippen LogP contribution < -0.4 is 5.32 Å². The smallest absolute Gasteiger partial charge is 0.159 e. The third-order valence-corrected chi connectivity index (χ3v) is 2.66. The summed E-state index contributed by atoms with van der Waals surface area (Å²) in [6.07, 6.45) is 8.76. The Morgan fingerprint density at radius 2 is 1.62 bits per heavy atom. The summed E-state index contributed by atoms with van der Waals surface area (Å²) in [6, 6.07) is 9.23. The summed E-state index contributed by atoms with van der Waals surface area (Å²) in [6.45, 7) is 19.0. The quantitative estimate of drug-likeness (QED) is 0.336. The number of hydrogen-bond acceptors (Lipinski definition) is 2. The van der Waals surface area contributed by atoms with Gasteiger partial charge in [-0.3, -0.25) is 4.79 Å². The molecule has 2 heteroatoms. The van der Waals surface area contributed by atoms with Crippen LogP contribution in [0.2, 0.25) is 0 Å². The molecule has 1 aromatic carbocycles. The van der Waals surface area contributed by atoms with Crippen LogP contribution in [0.4, 0.5) is 0 Å². The van der Waals surface area contributed by atoms with E-state index < -0.39 is 0 Å². The Balaban J connectivity index is -0.000000291. The van der Waals surface area contributed by atoms with Crippen LogP contribution >= 0.6 is 0 Å². The van der Waals surface area contributed by atoms with Gasteiger partial charge in [-0.25, -0.2) is 0 Å². The number of carbonyl (C=O) groups excluding carboxylic acids is 1. The fourth-order valence-corrected chi connectivity index (χ4v) is 1.50. The highest BCUT2D eigenvalue weighted by molar-refractivity contribution is 5.93. The summed E-state index contributed by atoms with van der Waals surface area (Å²) >= 11 is 0. The van der Waals surface area contributed by atoms with E-state index in [0.29, 0.717) is 0 Å². The number of unbranched alkanes of at least 4 members (excludes halogenated alkanes) is 2. The summed E-state index contributed by atoms with van der Waals surface area (Å²) in [5.74, 6) is 0.121. The number of hydrogen-bond donors (Lipinski definition) is 1. The predicted molar refractivity (Wildman–Crippen MR) is 111 cm³/mol. The molecule has 2 nitrogen and oxygen atoms in total. The van der Waals surface area contributed by atoms with Crippen molar-refractivity contribution in [1.29, 1.82) is 0 Å². The Morgan fingerprint density at radius 3 is 2.00 bits per heavy atom. The molecule has 0 aliphatic carbocycles. The number of allylic oxidation sites excluding steroid dienone is 1. The minimum atomic E-state index is 0.121. The summed E-state index contributed by atoms with van der Waals surface area (Å²) in [7, 11) is 0. The van der Waals surface area contributed by atoms with Crippen molar-refractivity contribution in [3.05, 3.63) is 61.2 Å². The van der Waals surface area contributed by atoms with E-state index in [0.717, 1.165) is 18.5 Å². The van der Waals surface area contributed by atoms with Gasteiger partial charge < -0.3 is 5.32 Å². The molecule has 138 valence electrons. The van der Waals surface area contributed by atoms with Crippen molar-refractivity contribution in [1.82, 2.24) is 5.32 Å². The molecule has 0 amide bonds. The molecule has 1 rings (SSSR count). The minimum absolute atomic E-state index is 0.121. The fourth-order valence-electron chi connectivity index (χ4n) is 1.50. The third-order valence-electron chi connectivity index (χ3n) is 2.66. The first kappa shape index (κ1) is 27.2. The van der Waals surface area contributed by atoms with Gasteiger partial charge in [0.25, 0.3) is 0 Å². The molecule has 1 aromatic rings. The average Bonchev–Trinajstić information content (AvgIpc) is 2.62. The second-order valence-corrected chi connectivity index (χ2v) is 4.86. The van der Waals surface area contributed by atoms with Gasteiger partial charge in [-0.15, -0.1) is 13.2 Å². The molecule has 0 fully saturated rings. The van der Waals surface area contributed by atoms with E-state index in [-0.39, 0.29) is 5.78 Å². The van der Waals surface area contributed by atoms with Crippen LogP contribution in [-0.4, -0.2) is 18.9 Å². The lowest BCUT2D eigenvalue weighted by Gasteiger charge is -2.00. The molecule has 0 saturated heterocycles. The van der Waals surface area contributed by atoms with Gasteiger partial charge in [-0.2, -0.15) is 0 Å². The van der Waals surface area contributed by atoms with Gasteiger partial charge in [0.05, 0.1) is 0 Å². The lowest BCUT2D eigenvalue weighted by Crippen LogP contribution is -2.15. The zero-order valence-corrected chi connectivity index (χ0v) is 16.6. The van der Waals surface area contributed by atoms with Gasteiger partial charge in [-0.05, 0) is 39.8 Å². The minimum Gasteiger partial charge on any atom is -0.316 e. The molecule has 0 radical (unpaired) electrons. The summed E-state index contributed by atoms with van der Waals surface area (Å²) in [4.78, 5) is 10.6. The van der Waals surface area contributed by atoms with Gasteiger partial charge in [-0.1, -0.05) is 76.1 Å². The first-order valence-electron chi connectivity index (χ1n) is 9.08. The molecule has 0 bridgehead atoms. The molecule has 24 heavy (non-hydrogen) atoms. The molecule has 0 spiro atoms. The van der Waals surface area contributed by atoms with Crippen molar-refractivity contribution in [2.24, 2.45) is 0 Å². The van der Waals surface area contributed by atoms with E-state index in [2.05, 4.69) is 25.4 Å². The molecule has 0 unspecified atom stereocenters. The van der Waals surface area contributed by atoms with Gasteiger partial charge in [0.1, 0.15) is 0 Å². The maximum atomic E-state index is 10.6. The van der Waals surface area contributed by atoms with Crippen LogP contribution in [0.5, 0.6) is 0 Å². The van der Waals surface area contributed by atoms with Gasteiger partial charge >= 0.3 is 0 Å². The van der Waals surface area contributed by atoms with Gasteiger partial charge in [0, 0.05) is 5.56 Å². The molecule has 0 aromatic heterocycles. The Bertz CT molecular complexity index is 371. The van der Waals surface area contributed by atoms with E-state index in [1.807, 2.05) is 57.2 Å². The second kappa shape index (κ2) is 26.2. The number of rotatable bonds is 8. The van der Waals surface area contributed by atoms with Crippen LogP contribution in [0.25, 0.3) is 0 Å². The van der Waals surface area contributed by atoms with E-state index in [4.69, 9.17) is 0 Å². The van der Waals surface area contributed by atoms with Crippen LogP contribution in [-0.2, 0) is 0 Å². The highest BCUT2D eigenvalue weighted by Crippen LogP contribution is 1.97. The van der Waals surface area contributed by atoms with Crippen molar-refractivity contribution in [3.63, 3.8) is 0 Å². The van der Waals surface area contributed by atoms with E-state index in [9.17, 15) is 4.79 Å². The first-order chi connectivity index (χ1) is 11.6. The molecule has 1 N–H and O–H groups in total. The van der Waals surface area contributed by atoms with Gasteiger partial charge in [0.15, 0.2) is 5.78 Å². The topological polar surface area (TPSA) is 29.1 Å². The molecule has 0 atom stereocenters. The van der Waals surface area contributed by atoms with E-state index in [1.54, 1.807) is 13.0 Å². The SMILES string of the molecule is C=CC.C=CCCNCCCCC.CC.CC(=O)c1ccccc1. The van der Waals surface area contributed by atoms with E-state index >= 15 is 0 Å². The van der Waals surface area contributed by atoms with Crippen molar-refractivity contribution in [2.75, 3.05) is 13.1 Å². The number of nitrogens with one attached hydrogen (secondary N) is 1. The number of Topliss-reactive ketones (excluding diaryl/α,β-unsaturated/α-hetero) is 1. The third kappa shape index (κ3) is 25.3. The van der Waals surface area contributed by atoms with Crippen molar-refractivity contribution in [3.8, 4) is 0 Å².